The van der Waals surface area contributed by atoms with Crippen LogP contribution < -0.4 is 10.0 Å². The third-order valence-corrected chi connectivity index (χ3v) is 5.37. The topological polar surface area (TPSA) is 76.3 Å². The lowest BCUT2D eigenvalue weighted by Crippen LogP contribution is -2.41. The number of hydrogen-bond acceptors (Lipinski definition) is 5. The van der Waals surface area contributed by atoms with Crippen LogP contribution in [-0.2, 0) is 10.0 Å². The van der Waals surface area contributed by atoms with E-state index in [2.05, 4.69) is 4.98 Å². The molecule has 1 fully saturated rings. The van der Waals surface area contributed by atoms with Crippen LogP contribution in [0.15, 0.2) is 10.4 Å². The molecule has 2 N–H and O–H groups in total. The molecule has 0 spiro atoms. The normalized spacial score (nSPS) is 21.7. The van der Waals surface area contributed by atoms with Crippen molar-refractivity contribution in [2.75, 3.05) is 18.0 Å². The molecule has 1 aromatic heterocycles. The monoisotopic (exact) mass is 315 g/mol. The summed E-state index contributed by atoms with van der Waals surface area (Å²) in [7, 11) is -3.86. The van der Waals surface area contributed by atoms with Gasteiger partial charge in [-0.2, -0.15) is 13.2 Å². The maximum absolute atomic E-state index is 12.7. The highest BCUT2D eigenvalue weighted by Gasteiger charge is 2.42. The summed E-state index contributed by atoms with van der Waals surface area (Å²) in [5.41, 5.74) is 0. The lowest BCUT2D eigenvalue weighted by atomic mass is 9.98. The first-order valence-corrected chi connectivity index (χ1v) is 7.84. The number of alkyl halides is 3. The van der Waals surface area contributed by atoms with Crippen molar-refractivity contribution in [2.45, 2.75) is 23.2 Å². The fourth-order valence-corrected chi connectivity index (χ4v) is 3.52. The highest BCUT2D eigenvalue weighted by Crippen LogP contribution is 2.36. The van der Waals surface area contributed by atoms with Gasteiger partial charge in [0.15, 0.2) is 9.34 Å². The van der Waals surface area contributed by atoms with Crippen molar-refractivity contribution in [2.24, 2.45) is 11.1 Å². The number of aromatic nitrogens is 1. The molecular formula is C9H12F3N3O2S2. The van der Waals surface area contributed by atoms with Crippen molar-refractivity contribution in [3.63, 3.8) is 0 Å². The van der Waals surface area contributed by atoms with E-state index in [-0.39, 0.29) is 22.3 Å². The molecule has 108 valence electrons. The second kappa shape index (κ2) is 4.91. The van der Waals surface area contributed by atoms with Crippen LogP contribution in [0.2, 0.25) is 0 Å². The van der Waals surface area contributed by atoms with Gasteiger partial charge in [0.2, 0.25) is 10.0 Å². The van der Waals surface area contributed by atoms with Gasteiger partial charge in [0.05, 0.1) is 12.1 Å². The Morgan fingerprint density at radius 2 is 2.16 bits per heavy atom. The van der Waals surface area contributed by atoms with Crippen molar-refractivity contribution in [3.8, 4) is 0 Å². The summed E-state index contributed by atoms with van der Waals surface area (Å²) < 4.78 is 60.1. The van der Waals surface area contributed by atoms with E-state index in [0.29, 0.717) is 13.0 Å². The Morgan fingerprint density at radius 3 is 2.68 bits per heavy atom. The largest absolute Gasteiger partial charge is 0.393 e. The van der Waals surface area contributed by atoms with Crippen LogP contribution in [0.5, 0.6) is 0 Å². The SMILES string of the molecule is NS(=O)(=O)c1cnc(N2CCC[C@H](C(F)(F)F)C2)s1. The van der Waals surface area contributed by atoms with Gasteiger partial charge < -0.3 is 4.90 Å². The average Bonchev–Trinajstić information content (AvgIpc) is 2.77. The van der Waals surface area contributed by atoms with Crippen LogP contribution >= 0.6 is 11.3 Å². The van der Waals surface area contributed by atoms with Crippen molar-refractivity contribution in [1.82, 2.24) is 4.98 Å². The van der Waals surface area contributed by atoms with E-state index < -0.39 is 22.1 Å². The highest BCUT2D eigenvalue weighted by atomic mass is 32.2. The van der Waals surface area contributed by atoms with Gasteiger partial charge in [0, 0.05) is 13.1 Å². The molecule has 0 radical (unpaired) electrons. The van der Waals surface area contributed by atoms with E-state index in [0.717, 1.165) is 17.5 Å². The fourth-order valence-electron chi connectivity index (χ4n) is 1.95. The minimum atomic E-state index is -4.24. The predicted molar refractivity (Wildman–Crippen MR) is 64.5 cm³/mol. The van der Waals surface area contributed by atoms with Crippen LogP contribution in [0.3, 0.4) is 0 Å². The number of thiazole rings is 1. The maximum Gasteiger partial charge on any atom is 0.393 e. The number of piperidine rings is 1. The van der Waals surface area contributed by atoms with Crippen LogP contribution in [0.1, 0.15) is 12.8 Å². The summed E-state index contributed by atoms with van der Waals surface area (Å²) in [5.74, 6) is -1.40. The van der Waals surface area contributed by atoms with Crippen LogP contribution in [-0.4, -0.2) is 32.7 Å². The lowest BCUT2D eigenvalue weighted by molar-refractivity contribution is -0.175. The van der Waals surface area contributed by atoms with Crippen molar-refractivity contribution in [3.05, 3.63) is 6.20 Å². The molecule has 0 bridgehead atoms. The van der Waals surface area contributed by atoms with Crippen molar-refractivity contribution in [1.29, 1.82) is 0 Å². The second-order valence-corrected chi connectivity index (χ2v) is 7.13. The Hall–Kier alpha value is -0.870. The zero-order valence-electron chi connectivity index (χ0n) is 9.72. The molecule has 2 rings (SSSR count). The van der Waals surface area contributed by atoms with Gasteiger partial charge in [-0.3, -0.25) is 0 Å². The summed E-state index contributed by atoms with van der Waals surface area (Å²) in [6.07, 6.45) is -2.67. The minimum Gasteiger partial charge on any atom is -0.347 e. The first-order chi connectivity index (χ1) is 8.68. The zero-order valence-corrected chi connectivity index (χ0v) is 11.4. The molecule has 1 aromatic rings. The van der Waals surface area contributed by atoms with E-state index in [1.165, 1.54) is 4.90 Å². The number of sulfonamides is 1. The van der Waals surface area contributed by atoms with Crippen molar-refractivity contribution < 1.29 is 21.6 Å². The standard InChI is InChI=1S/C9H12F3N3O2S2/c10-9(11,12)6-2-1-3-15(5-6)8-14-4-7(18-8)19(13,16)17/h4,6H,1-3,5H2,(H2,13,16,17)/t6-/m0/s1. The Labute approximate surface area is 112 Å². The van der Waals surface area contributed by atoms with E-state index in [1.807, 2.05) is 0 Å². The molecule has 19 heavy (non-hydrogen) atoms. The molecule has 0 aliphatic carbocycles. The smallest absolute Gasteiger partial charge is 0.347 e. The molecule has 0 unspecified atom stereocenters. The first-order valence-electron chi connectivity index (χ1n) is 5.48. The number of nitrogens with two attached hydrogens (primary N) is 1. The Kier molecular flexibility index (Phi) is 3.76. The summed E-state index contributed by atoms with van der Waals surface area (Å²) >= 11 is 0.794. The Balaban J connectivity index is 2.16. The predicted octanol–water partition coefficient (Wildman–Crippen LogP) is 1.57. The summed E-state index contributed by atoms with van der Waals surface area (Å²) in [6, 6.07) is 0. The number of halogens is 3. The quantitative estimate of drug-likeness (QED) is 0.899. The van der Waals surface area contributed by atoms with Crippen molar-refractivity contribution >= 4 is 26.5 Å². The van der Waals surface area contributed by atoms with Crippen LogP contribution in [0.4, 0.5) is 18.3 Å². The molecule has 1 atom stereocenters. The number of hydrogen-bond donors (Lipinski definition) is 1. The van der Waals surface area contributed by atoms with Gasteiger partial charge in [-0.1, -0.05) is 11.3 Å². The van der Waals surface area contributed by atoms with Gasteiger partial charge in [-0.25, -0.2) is 18.5 Å². The van der Waals surface area contributed by atoms with Gasteiger partial charge in [-0.05, 0) is 12.8 Å². The van der Waals surface area contributed by atoms with Crippen LogP contribution in [0.25, 0.3) is 0 Å². The Bertz CT molecular complexity index is 555. The molecular weight excluding hydrogens is 303 g/mol. The summed E-state index contributed by atoms with van der Waals surface area (Å²) in [4.78, 5) is 5.30. The molecule has 1 aliphatic rings. The second-order valence-electron chi connectivity index (χ2n) is 4.33. The van der Waals surface area contributed by atoms with Gasteiger partial charge in [0.1, 0.15) is 0 Å². The summed E-state index contributed by atoms with van der Waals surface area (Å²) in [6.45, 7) is 0.241. The number of anilines is 1. The van der Waals surface area contributed by atoms with Gasteiger partial charge >= 0.3 is 6.18 Å². The van der Waals surface area contributed by atoms with E-state index >= 15 is 0 Å². The van der Waals surface area contributed by atoms with Crippen LogP contribution in [0, 0.1) is 5.92 Å². The van der Waals surface area contributed by atoms with E-state index in [9.17, 15) is 21.6 Å². The molecule has 10 heteroatoms. The fraction of sp³-hybridized carbons (Fsp3) is 0.667. The lowest BCUT2D eigenvalue weighted by Gasteiger charge is -2.33. The molecule has 2 heterocycles. The maximum atomic E-state index is 12.7. The molecule has 0 saturated carbocycles. The van der Waals surface area contributed by atoms with E-state index in [4.69, 9.17) is 5.14 Å². The van der Waals surface area contributed by atoms with E-state index in [1.54, 1.807) is 0 Å². The van der Waals surface area contributed by atoms with Gasteiger partial charge in [0.25, 0.3) is 0 Å². The summed E-state index contributed by atoms with van der Waals surface area (Å²) in [5, 5.41) is 5.20. The van der Waals surface area contributed by atoms with Gasteiger partial charge in [-0.15, -0.1) is 0 Å². The number of nitrogens with zero attached hydrogens (tertiary/aromatic N) is 2. The molecule has 1 saturated heterocycles. The highest BCUT2D eigenvalue weighted by molar-refractivity contribution is 7.91. The third kappa shape index (κ3) is 3.37. The molecule has 1 aliphatic heterocycles. The molecule has 5 nitrogen and oxygen atoms in total. The minimum absolute atomic E-state index is 0.0907. The molecule has 0 amide bonds. The number of rotatable bonds is 2. The Morgan fingerprint density at radius 1 is 1.47 bits per heavy atom. The third-order valence-electron chi connectivity index (χ3n) is 2.91. The first kappa shape index (κ1) is 14.5. The average molecular weight is 315 g/mol. The number of primary sulfonamides is 1. The molecule has 0 aromatic carbocycles. The zero-order chi connectivity index (χ0) is 14.3.